The third-order valence-corrected chi connectivity index (χ3v) is 1.85. The summed E-state index contributed by atoms with van der Waals surface area (Å²) in [5.74, 6) is -0.833. The van der Waals surface area contributed by atoms with E-state index in [1.54, 1.807) is 20.1 Å². The van der Waals surface area contributed by atoms with E-state index in [4.69, 9.17) is 9.84 Å². The van der Waals surface area contributed by atoms with Crippen molar-refractivity contribution in [3.63, 3.8) is 0 Å². The molecule has 0 aromatic heterocycles. The summed E-state index contributed by atoms with van der Waals surface area (Å²) < 4.78 is 5.00. The van der Waals surface area contributed by atoms with Gasteiger partial charge in [0, 0.05) is 12.7 Å². The minimum atomic E-state index is -0.833. The topological polar surface area (TPSA) is 46.5 Å². The van der Waals surface area contributed by atoms with Crippen molar-refractivity contribution in [1.29, 1.82) is 0 Å². The lowest BCUT2D eigenvalue weighted by atomic mass is 10.1. The third-order valence-electron chi connectivity index (χ3n) is 1.85. The molecule has 0 radical (unpaired) electrons. The number of carbonyl (C=O) groups is 1. The molecule has 3 nitrogen and oxygen atoms in total. The largest absolute Gasteiger partial charge is 0.478 e. The number of hydrogen-bond donors (Lipinski definition) is 1. The molecule has 12 heavy (non-hydrogen) atoms. The van der Waals surface area contributed by atoms with E-state index in [1.165, 1.54) is 0 Å². The molecule has 0 bridgehead atoms. The van der Waals surface area contributed by atoms with Gasteiger partial charge in [-0.05, 0) is 26.7 Å². The van der Waals surface area contributed by atoms with Gasteiger partial charge in [0.15, 0.2) is 0 Å². The normalized spacial score (nSPS) is 14.4. The first-order chi connectivity index (χ1) is 5.61. The maximum Gasteiger partial charge on any atom is 0.331 e. The fraction of sp³-hybridized carbons (Fsp3) is 0.667. The van der Waals surface area contributed by atoms with E-state index < -0.39 is 5.97 Å². The first-order valence-electron chi connectivity index (χ1n) is 4.03. The van der Waals surface area contributed by atoms with Gasteiger partial charge in [-0.15, -0.1) is 0 Å². The van der Waals surface area contributed by atoms with Gasteiger partial charge in [-0.2, -0.15) is 0 Å². The Kier molecular flexibility index (Phi) is 5.37. The molecule has 0 amide bonds. The average molecular weight is 172 g/mol. The Balaban J connectivity index is 3.83. The van der Waals surface area contributed by atoms with Crippen LogP contribution in [0.1, 0.15) is 26.7 Å². The highest BCUT2D eigenvalue weighted by Crippen LogP contribution is 2.09. The number of ether oxygens (including phenoxy) is 1. The Hall–Kier alpha value is -0.830. The van der Waals surface area contributed by atoms with Gasteiger partial charge in [-0.3, -0.25) is 0 Å². The van der Waals surface area contributed by atoms with Crippen LogP contribution < -0.4 is 0 Å². The molecule has 0 aliphatic carbocycles. The highest BCUT2D eigenvalue weighted by atomic mass is 16.5. The maximum absolute atomic E-state index is 10.5. The molecule has 0 spiro atoms. The Bertz CT molecular complexity index is 173. The number of methoxy groups -OCH3 is 1. The lowest BCUT2D eigenvalue weighted by molar-refractivity contribution is -0.132. The molecule has 1 atom stereocenters. The Morgan fingerprint density at radius 2 is 2.25 bits per heavy atom. The minimum absolute atomic E-state index is 0.124. The quantitative estimate of drug-likeness (QED) is 0.643. The highest BCUT2D eigenvalue weighted by molar-refractivity contribution is 5.86. The van der Waals surface area contributed by atoms with E-state index >= 15 is 0 Å². The van der Waals surface area contributed by atoms with Crippen molar-refractivity contribution in [2.24, 2.45) is 0 Å². The molecule has 1 N–H and O–H groups in total. The second-order valence-corrected chi connectivity index (χ2v) is 2.70. The van der Waals surface area contributed by atoms with Crippen LogP contribution in [0.25, 0.3) is 0 Å². The first kappa shape index (κ1) is 11.2. The van der Waals surface area contributed by atoms with E-state index in [-0.39, 0.29) is 6.10 Å². The van der Waals surface area contributed by atoms with E-state index in [0.29, 0.717) is 12.0 Å². The zero-order valence-corrected chi connectivity index (χ0v) is 7.83. The summed E-state index contributed by atoms with van der Waals surface area (Å²) in [5.41, 5.74) is 0.457. The van der Waals surface area contributed by atoms with Crippen LogP contribution in [-0.4, -0.2) is 24.3 Å². The summed E-state index contributed by atoms with van der Waals surface area (Å²) in [5, 5.41) is 8.65. The number of rotatable bonds is 5. The third kappa shape index (κ3) is 4.13. The highest BCUT2D eigenvalue weighted by Gasteiger charge is 2.07. The van der Waals surface area contributed by atoms with Crippen LogP contribution in [0, 0.1) is 0 Å². The Morgan fingerprint density at radius 1 is 1.67 bits per heavy atom. The average Bonchev–Trinajstić information content (AvgIpc) is 2.04. The lowest BCUT2D eigenvalue weighted by Crippen LogP contribution is -2.08. The summed E-state index contributed by atoms with van der Waals surface area (Å²) >= 11 is 0. The van der Waals surface area contributed by atoms with Crippen LogP contribution in [0.4, 0.5) is 0 Å². The Labute approximate surface area is 73.0 Å². The number of carboxylic acids is 1. The van der Waals surface area contributed by atoms with Crippen LogP contribution in [0.3, 0.4) is 0 Å². The van der Waals surface area contributed by atoms with Crippen molar-refractivity contribution in [2.75, 3.05) is 7.11 Å². The smallest absolute Gasteiger partial charge is 0.331 e. The molecule has 0 aliphatic heterocycles. The summed E-state index contributed by atoms with van der Waals surface area (Å²) in [6.45, 7) is 3.66. The van der Waals surface area contributed by atoms with Crippen LogP contribution in [-0.2, 0) is 9.53 Å². The molecule has 1 unspecified atom stereocenters. The van der Waals surface area contributed by atoms with Crippen molar-refractivity contribution in [3.8, 4) is 0 Å². The maximum atomic E-state index is 10.5. The fourth-order valence-corrected chi connectivity index (χ4v) is 0.851. The summed E-state index contributed by atoms with van der Waals surface area (Å²) in [4.78, 5) is 10.5. The predicted molar refractivity (Wildman–Crippen MR) is 47.1 cm³/mol. The van der Waals surface area contributed by atoms with Gasteiger partial charge in [-0.1, -0.05) is 6.08 Å². The zero-order chi connectivity index (χ0) is 9.56. The van der Waals surface area contributed by atoms with Crippen LogP contribution in [0.5, 0.6) is 0 Å². The summed E-state index contributed by atoms with van der Waals surface area (Å²) in [6, 6.07) is 0. The summed E-state index contributed by atoms with van der Waals surface area (Å²) in [6.07, 6.45) is 3.08. The van der Waals surface area contributed by atoms with Crippen LogP contribution in [0.2, 0.25) is 0 Å². The standard InChI is InChI=1S/C9H16O3/c1-4-8(9(10)11)6-5-7(2)12-3/h4,7H,5-6H2,1-3H3,(H,10,11). The predicted octanol–water partition coefficient (Wildman–Crippen LogP) is 1.83. The zero-order valence-electron chi connectivity index (χ0n) is 7.83. The minimum Gasteiger partial charge on any atom is -0.478 e. The second kappa shape index (κ2) is 5.77. The van der Waals surface area contributed by atoms with Gasteiger partial charge in [0.1, 0.15) is 0 Å². The van der Waals surface area contributed by atoms with Gasteiger partial charge in [0.25, 0.3) is 0 Å². The molecule has 0 aromatic rings. The van der Waals surface area contributed by atoms with Gasteiger partial charge < -0.3 is 9.84 Å². The molecular formula is C9H16O3. The summed E-state index contributed by atoms with van der Waals surface area (Å²) in [7, 11) is 1.63. The van der Waals surface area contributed by atoms with Crippen LogP contribution in [0.15, 0.2) is 11.6 Å². The first-order valence-corrected chi connectivity index (χ1v) is 4.03. The molecule has 0 heterocycles. The van der Waals surface area contributed by atoms with Gasteiger partial charge >= 0.3 is 5.97 Å². The lowest BCUT2D eigenvalue weighted by Gasteiger charge is -2.08. The van der Waals surface area contributed by atoms with Gasteiger partial charge in [0.05, 0.1) is 6.10 Å². The molecule has 3 heteroatoms. The van der Waals surface area contributed by atoms with Crippen molar-refractivity contribution in [2.45, 2.75) is 32.8 Å². The Morgan fingerprint density at radius 3 is 2.58 bits per heavy atom. The van der Waals surface area contributed by atoms with Crippen molar-refractivity contribution < 1.29 is 14.6 Å². The van der Waals surface area contributed by atoms with E-state index in [2.05, 4.69) is 0 Å². The fourth-order valence-electron chi connectivity index (χ4n) is 0.851. The molecule has 0 rings (SSSR count). The van der Waals surface area contributed by atoms with Crippen molar-refractivity contribution in [3.05, 3.63) is 11.6 Å². The number of aliphatic carboxylic acids is 1. The van der Waals surface area contributed by atoms with E-state index in [0.717, 1.165) is 6.42 Å². The molecule has 0 aliphatic rings. The molecule has 0 saturated carbocycles. The van der Waals surface area contributed by atoms with Gasteiger partial charge in [-0.25, -0.2) is 4.79 Å². The van der Waals surface area contributed by atoms with Crippen LogP contribution >= 0.6 is 0 Å². The van der Waals surface area contributed by atoms with E-state index in [9.17, 15) is 4.79 Å². The SMILES string of the molecule is CC=C(CCC(C)OC)C(=O)O. The monoisotopic (exact) mass is 172 g/mol. The van der Waals surface area contributed by atoms with Crippen molar-refractivity contribution >= 4 is 5.97 Å². The molecular weight excluding hydrogens is 156 g/mol. The molecule has 70 valence electrons. The molecule has 0 fully saturated rings. The number of hydrogen-bond acceptors (Lipinski definition) is 2. The van der Waals surface area contributed by atoms with Crippen molar-refractivity contribution in [1.82, 2.24) is 0 Å². The molecule has 0 aromatic carbocycles. The number of carboxylic acid groups (broad SMARTS) is 1. The van der Waals surface area contributed by atoms with Gasteiger partial charge in [0.2, 0.25) is 0 Å². The molecule has 0 saturated heterocycles. The number of allylic oxidation sites excluding steroid dienone is 1. The second-order valence-electron chi connectivity index (χ2n) is 2.70. The van der Waals surface area contributed by atoms with E-state index in [1.807, 2.05) is 6.92 Å².